The zero-order valence-corrected chi connectivity index (χ0v) is 21.0. The molecule has 2 heterocycles. The van der Waals surface area contributed by atoms with E-state index < -0.39 is 5.54 Å². The number of methoxy groups -OCH3 is 1. The number of benzene rings is 2. The Morgan fingerprint density at radius 3 is 2.42 bits per heavy atom. The molecule has 2 aliphatic heterocycles. The van der Waals surface area contributed by atoms with E-state index in [1.807, 2.05) is 42.5 Å². The smallest absolute Gasteiger partial charge is 0.321 e. The van der Waals surface area contributed by atoms with Crippen LogP contribution in [0.15, 0.2) is 54.6 Å². The highest BCUT2D eigenvalue weighted by Crippen LogP contribution is 2.39. The van der Waals surface area contributed by atoms with Crippen LogP contribution in [-0.2, 0) is 9.59 Å². The molecule has 2 N–H and O–H groups in total. The van der Waals surface area contributed by atoms with Gasteiger partial charge in [0.1, 0.15) is 17.8 Å². The van der Waals surface area contributed by atoms with Crippen molar-refractivity contribution in [2.45, 2.75) is 38.1 Å². The number of ether oxygens (including phenoxy) is 1. The molecule has 0 aliphatic carbocycles. The molecule has 9 nitrogen and oxygen atoms in total. The summed E-state index contributed by atoms with van der Waals surface area (Å²) in [6.45, 7) is 3.91. The minimum absolute atomic E-state index is 0.0334. The average molecular weight is 494 g/mol. The molecule has 192 valence electrons. The molecule has 0 saturated carbocycles. The number of piperidine rings is 1. The lowest BCUT2D eigenvalue weighted by Crippen LogP contribution is -2.58. The first-order chi connectivity index (χ1) is 17.5. The van der Waals surface area contributed by atoms with Gasteiger partial charge in [-0.15, -0.1) is 0 Å². The first-order valence-electron chi connectivity index (χ1n) is 12.6. The fourth-order valence-corrected chi connectivity index (χ4v) is 4.98. The number of amides is 4. The van der Waals surface area contributed by atoms with Gasteiger partial charge < -0.3 is 30.1 Å². The number of para-hydroxylation sites is 3. The Balaban J connectivity index is 1.47. The summed E-state index contributed by atoms with van der Waals surface area (Å²) in [6.07, 6.45) is 2.86. The number of carbonyl (C=O) groups is 3. The number of nitrogens with one attached hydrogen (secondary N) is 2. The van der Waals surface area contributed by atoms with Gasteiger partial charge in [-0.05, 0) is 43.5 Å². The molecular weight excluding hydrogens is 458 g/mol. The van der Waals surface area contributed by atoms with Crippen molar-refractivity contribution < 1.29 is 19.1 Å². The number of hydrogen-bond donors (Lipinski definition) is 2. The van der Waals surface area contributed by atoms with Crippen molar-refractivity contribution in [3.05, 3.63) is 54.6 Å². The molecule has 2 saturated heterocycles. The lowest BCUT2D eigenvalue weighted by atomic mass is 9.85. The normalized spacial score (nSPS) is 16.8. The summed E-state index contributed by atoms with van der Waals surface area (Å²) in [5.74, 6) is 0.394. The van der Waals surface area contributed by atoms with E-state index >= 15 is 0 Å². The molecule has 4 rings (SSSR count). The maximum absolute atomic E-state index is 13.8. The molecule has 2 aromatic carbocycles. The molecule has 0 unspecified atom stereocenters. The van der Waals surface area contributed by atoms with Gasteiger partial charge in [0.05, 0.1) is 19.5 Å². The summed E-state index contributed by atoms with van der Waals surface area (Å²) >= 11 is 0. The van der Waals surface area contributed by atoms with Gasteiger partial charge in [-0.3, -0.25) is 9.59 Å². The van der Waals surface area contributed by atoms with Crippen molar-refractivity contribution in [3.8, 4) is 5.75 Å². The van der Waals surface area contributed by atoms with Crippen molar-refractivity contribution in [1.29, 1.82) is 0 Å². The number of likely N-dealkylation sites (tertiary alicyclic amines) is 1. The first-order valence-corrected chi connectivity index (χ1v) is 12.6. The Kier molecular flexibility index (Phi) is 7.97. The predicted octanol–water partition coefficient (Wildman–Crippen LogP) is 3.28. The van der Waals surface area contributed by atoms with Gasteiger partial charge in [0.25, 0.3) is 5.91 Å². The Hall–Kier alpha value is -3.75. The Bertz CT molecular complexity index is 1070. The highest BCUT2D eigenvalue weighted by Gasteiger charge is 2.54. The molecule has 0 radical (unpaired) electrons. The van der Waals surface area contributed by atoms with Gasteiger partial charge in [0.2, 0.25) is 5.91 Å². The largest absolute Gasteiger partial charge is 0.495 e. The molecule has 2 aromatic rings. The van der Waals surface area contributed by atoms with Gasteiger partial charge in [0.15, 0.2) is 0 Å². The maximum atomic E-state index is 13.8. The molecule has 2 aliphatic rings. The Morgan fingerprint density at radius 1 is 1.03 bits per heavy atom. The van der Waals surface area contributed by atoms with Crippen LogP contribution < -0.4 is 20.3 Å². The van der Waals surface area contributed by atoms with Gasteiger partial charge in [0, 0.05) is 25.3 Å². The van der Waals surface area contributed by atoms with Crippen LogP contribution in [0.4, 0.5) is 16.2 Å². The van der Waals surface area contributed by atoms with Crippen molar-refractivity contribution in [2.24, 2.45) is 0 Å². The summed E-state index contributed by atoms with van der Waals surface area (Å²) < 4.78 is 5.34. The first kappa shape index (κ1) is 25.3. The van der Waals surface area contributed by atoms with Gasteiger partial charge in [-0.25, -0.2) is 4.79 Å². The van der Waals surface area contributed by atoms with Crippen LogP contribution in [0.1, 0.15) is 32.6 Å². The predicted molar refractivity (Wildman–Crippen MR) is 139 cm³/mol. The third-order valence-corrected chi connectivity index (χ3v) is 7.00. The van der Waals surface area contributed by atoms with Gasteiger partial charge in [-0.2, -0.15) is 0 Å². The van der Waals surface area contributed by atoms with Crippen LogP contribution in [0.5, 0.6) is 5.75 Å². The Morgan fingerprint density at radius 2 is 1.72 bits per heavy atom. The fraction of sp³-hybridized carbons (Fsp3) is 0.444. The third-order valence-electron chi connectivity index (χ3n) is 7.00. The molecule has 2 fully saturated rings. The van der Waals surface area contributed by atoms with Crippen LogP contribution in [-0.4, -0.2) is 73.1 Å². The van der Waals surface area contributed by atoms with E-state index in [-0.39, 0.29) is 24.4 Å². The SMILES string of the molecule is CCCCNC(=O)CN1CN(c2ccccc2)C2(CCN(C(=O)Nc3ccccc3OC)CC2)C1=O. The van der Waals surface area contributed by atoms with E-state index in [1.54, 1.807) is 29.0 Å². The van der Waals surface area contributed by atoms with E-state index in [0.717, 1.165) is 18.5 Å². The maximum Gasteiger partial charge on any atom is 0.321 e. The molecule has 0 atom stereocenters. The Labute approximate surface area is 212 Å². The van der Waals surface area contributed by atoms with Gasteiger partial charge >= 0.3 is 6.03 Å². The average Bonchev–Trinajstić information content (AvgIpc) is 3.16. The zero-order valence-electron chi connectivity index (χ0n) is 21.0. The third kappa shape index (κ3) is 5.24. The summed E-state index contributed by atoms with van der Waals surface area (Å²) in [4.78, 5) is 44.7. The molecule has 0 bridgehead atoms. The van der Waals surface area contributed by atoms with E-state index in [4.69, 9.17) is 4.74 Å². The topological polar surface area (TPSA) is 94.2 Å². The van der Waals surface area contributed by atoms with Crippen LogP contribution in [0.25, 0.3) is 0 Å². The van der Waals surface area contributed by atoms with E-state index in [9.17, 15) is 14.4 Å². The minimum atomic E-state index is -0.785. The van der Waals surface area contributed by atoms with Crippen LogP contribution in [0.2, 0.25) is 0 Å². The van der Waals surface area contributed by atoms with Crippen molar-refractivity contribution in [2.75, 3.05) is 50.2 Å². The van der Waals surface area contributed by atoms with E-state index in [1.165, 1.54) is 0 Å². The number of nitrogens with zero attached hydrogens (tertiary/aromatic N) is 3. The second-order valence-corrected chi connectivity index (χ2v) is 9.26. The monoisotopic (exact) mass is 493 g/mol. The van der Waals surface area contributed by atoms with Crippen molar-refractivity contribution >= 4 is 29.2 Å². The van der Waals surface area contributed by atoms with Crippen LogP contribution in [0, 0.1) is 0 Å². The number of carbonyl (C=O) groups excluding carboxylic acids is 3. The molecule has 9 heteroatoms. The molecule has 4 amide bonds. The quantitative estimate of drug-likeness (QED) is 0.551. The number of urea groups is 1. The minimum Gasteiger partial charge on any atom is -0.495 e. The number of anilines is 2. The van der Waals surface area contributed by atoms with Gasteiger partial charge in [-0.1, -0.05) is 43.7 Å². The van der Waals surface area contributed by atoms with Crippen LogP contribution >= 0.6 is 0 Å². The standard InChI is InChI=1S/C27H35N5O4/c1-3-4-16-28-24(33)19-31-20-32(21-10-6-5-7-11-21)27(25(31)34)14-17-30(18-15-27)26(35)29-22-12-8-9-13-23(22)36-2/h5-13H,3-4,14-20H2,1-2H3,(H,28,33)(H,29,35). The van der Waals surface area contributed by atoms with E-state index in [2.05, 4.69) is 22.5 Å². The summed E-state index contributed by atoms with van der Waals surface area (Å²) in [5.41, 5.74) is 0.756. The summed E-state index contributed by atoms with van der Waals surface area (Å²) in [5, 5.41) is 5.83. The summed E-state index contributed by atoms with van der Waals surface area (Å²) in [7, 11) is 1.56. The number of unbranched alkanes of at least 4 members (excludes halogenated alkanes) is 1. The highest BCUT2D eigenvalue weighted by atomic mass is 16.5. The fourth-order valence-electron chi connectivity index (χ4n) is 4.98. The molecular formula is C27H35N5O4. The zero-order chi connectivity index (χ0) is 25.5. The van der Waals surface area contributed by atoms with E-state index in [0.29, 0.717) is 50.6 Å². The molecule has 1 spiro atoms. The van der Waals surface area contributed by atoms with Crippen molar-refractivity contribution in [3.63, 3.8) is 0 Å². The number of hydrogen-bond acceptors (Lipinski definition) is 5. The second-order valence-electron chi connectivity index (χ2n) is 9.26. The lowest BCUT2D eigenvalue weighted by Gasteiger charge is -2.43. The van der Waals surface area contributed by atoms with Crippen LogP contribution in [0.3, 0.4) is 0 Å². The highest BCUT2D eigenvalue weighted by molar-refractivity contribution is 5.97. The molecule has 36 heavy (non-hydrogen) atoms. The second kappa shape index (κ2) is 11.3. The molecule has 0 aromatic heterocycles. The summed E-state index contributed by atoms with van der Waals surface area (Å²) in [6, 6.07) is 16.9. The van der Waals surface area contributed by atoms with Crippen molar-refractivity contribution in [1.82, 2.24) is 15.1 Å². The number of rotatable bonds is 8. The lowest BCUT2D eigenvalue weighted by molar-refractivity contribution is -0.137.